The van der Waals surface area contributed by atoms with E-state index in [1.807, 2.05) is 30.3 Å². The maximum Gasteiger partial charge on any atom is 0.190 e. The van der Waals surface area contributed by atoms with E-state index in [-0.39, 0.29) is 0 Å². The zero-order valence-electron chi connectivity index (χ0n) is 14.2. The summed E-state index contributed by atoms with van der Waals surface area (Å²) >= 11 is 1.71. The molecule has 1 aromatic heterocycles. The second-order valence-corrected chi connectivity index (χ2v) is 6.86. The first-order valence-electron chi connectivity index (χ1n) is 8.22. The number of aromatic nitrogens is 1. The van der Waals surface area contributed by atoms with E-state index in [2.05, 4.69) is 59.3 Å². The van der Waals surface area contributed by atoms with Gasteiger partial charge in [0.05, 0.1) is 11.4 Å². The lowest BCUT2D eigenvalue weighted by atomic mass is 10.2. The van der Waals surface area contributed by atoms with Gasteiger partial charge in [-0.25, -0.2) is 4.99 Å². The second-order valence-electron chi connectivity index (χ2n) is 6.03. The van der Waals surface area contributed by atoms with E-state index >= 15 is 0 Å². The molecule has 4 heteroatoms. The molecule has 3 rings (SSSR count). The molecule has 0 atom stereocenters. The predicted molar refractivity (Wildman–Crippen MR) is 103 cm³/mol. The SMILES string of the molecule is CN(C)CCCn1c(-c2ccccc2)csc1=Nc1ccccc1. The molecule has 0 radical (unpaired) electrons. The lowest BCUT2D eigenvalue weighted by Gasteiger charge is -2.12. The quantitative estimate of drug-likeness (QED) is 0.653. The molecule has 0 saturated heterocycles. The Morgan fingerprint density at radius 3 is 2.29 bits per heavy atom. The van der Waals surface area contributed by atoms with E-state index < -0.39 is 0 Å². The number of benzene rings is 2. The molecule has 24 heavy (non-hydrogen) atoms. The summed E-state index contributed by atoms with van der Waals surface area (Å²) in [6, 6.07) is 20.7. The van der Waals surface area contributed by atoms with E-state index in [1.54, 1.807) is 11.3 Å². The Morgan fingerprint density at radius 1 is 0.958 bits per heavy atom. The van der Waals surface area contributed by atoms with Gasteiger partial charge < -0.3 is 9.47 Å². The zero-order valence-corrected chi connectivity index (χ0v) is 15.0. The Balaban J connectivity index is 1.99. The minimum atomic E-state index is 0.970. The van der Waals surface area contributed by atoms with Crippen LogP contribution in [-0.4, -0.2) is 30.1 Å². The number of para-hydroxylation sites is 1. The van der Waals surface area contributed by atoms with E-state index in [4.69, 9.17) is 4.99 Å². The van der Waals surface area contributed by atoms with Gasteiger partial charge in [0.2, 0.25) is 0 Å². The number of thiazole rings is 1. The van der Waals surface area contributed by atoms with E-state index in [1.165, 1.54) is 11.3 Å². The van der Waals surface area contributed by atoms with Crippen molar-refractivity contribution >= 4 is 17.0 Å². The number of hydrogen-bond acceptors (Lipinski definition) is 3. The Kier molecular flexibility index (Phi) is 5.62. The molecule has 3 aromatic rings. The van der Waals surface area contributed by atoms with Gasteiger partial charge in [0.25, 0.3) is 0 Å². The average Bonchev–Trinajstić information content (AvgIpc) is 2.99. The van der Waals surface area contributed by atoms with Crippen molar-refractivity contribution in [3.8, 4) is 11.3 Å². The summed E-state index contributed by atoms with van der Waals surface area (Å²) in [5.41, 5.74) is 3.49. The van der Waals surface area contributed by atoms with Crippen LogP contribution in [0.15, 0.2) is 71.0 Å². The molecule has 0 saturated carbocycles. The summed E-state index contributed by atoms with van der Waals surface area (Å²) in [7, 11) is 4.23. The predicted octanol–water partition coefficient (Wildman–Crippen LogP) is 4.40. The number of hydrogen-bond donors (Lipinski definition) is 0. The molecular formula is C20H23N3S. The van der Waals surface area contributed by atoms with Crippen LogP contribution < -0.4 is 4.80 Å². The Bertz CT molecular complexity index is 817. The summed E-state index contributed by atoms with van der Waals surface area (Å²) < 4.78 is 2.34. The van der Waals surface area contributed by atoms with Crippen molar-refractivity contribution in [3.05, 3.63) is 70.8 Å². The van der Waals surface area contributed by atoms with Crippen LogP contribution in [0, 0.1) is 0 Å². The average molecular weight is 337 g/mol. The van der Waals surface area contributed by atoms with Crippen LogP contribution in [0.25, 0.3) is 11.3 Å². The number of rotatable bonds is 6. The van der Waals surface area contributed by atoms with Gasteiger partial charge in [0.15, 0.2) is 4.80 Å². The van der Waals surface area contributed by atoms with Crippen molar-refractivity contribution < 1.29 is 0 Å². The van der Waals surface area contributed by atoms with Crippen molar-refractivity contribution in [2.24, 2.45) is 4.99 Å². The third-order valence-corrected chi connectivity index (χ3v) is 4.70. The summed E-state index contributed by atoms with van der Waals surface area (Å²) in [5.74, 6) is 0. The zero-order chi connectivity index (χ0) is 16.8. The van der Waals surface area contributed by atoms with Crippen LogP contribution in [0.4, 0.5) is 5.69 Å². The van der Waals surface area contributed by atoms with Gasteiger partial charge in [0.1, 0.15) is 0 Å². The summed E-state index contributed by atoms with van der Waals surface area (Å²) in [6.07, 6.45) is 1.10. The molecule has 0 N–H and O–H groups in total. The fourth-order valence-electron chi connectivity index (χ4n) is 2.63. The molecule has 3 nitrogen and oxygen atoms in total. The van der Waals surface area contributed by atoms with E-state index in [9.17, 15) is 0 Å². The molecule has 0 unspecified atom stereocenters. The standard InChI is InChI=1S/C20H23N3S/c1-22(2)14-9-15-23-19(17-10-5-3-6-11-17)16-24-20(23)21-18-12-7-4-8-13-18/h3-8,10-13,16H,9,14-15H2,1-2H3. The van der Waals surface area contributed by atoms with E-state index in [0.29, 0.717) is 0 Å². The first-order chi connectivity index (χ1) is 11.7. The second kappa shape index (κ2) is 8.08. The van der Waals surface area contributed by atoms with Gasteiger partial charge in [-0.1, -0.05) is 48.5 Å². The number of nitrogens with zero attached hydrogens (tertiary/aromatic N) is 3. The monoisotopic (exact) mass is 337 g/mol. The van der Waals surface area contributed by atoms with Crippen LogP contribution in [0.3, 0.4) is 0 Å². The van der Waals surface area contributed by atoms with E-state index in [0.717, 1.165) is 30.0 Å². The van der Waals surface area contributed by atoms with Crippen LogP contribution in [-0.2, 0) is 6.54 Å². The lowest BCUT2D eigenvalue weighted by molar-refractivity contribution is 0.386. The highest BCUT2D eigenvalue weighted by Crippen LogP contribution is 2.20. The van der Waals surface area contributed by atoms with Crippen LogP contribution >= 0.6 is 11.3 Å². The molecule has 124 valence electrons. The Labute approximate surface area is 147 Å². The lowest BCUT2D eigenvalue weighted by Crippen LogP contribution is -2.20. The minimum Gasteiger partial charge on any atom is -0.316 e. The van der Waals surface area contributed by atoms with Gasteiger partial charge in [-0.15, -0.1) is 11.3 Å². The van der Waals surface area contributed by atoms with Gasteiger partial charge in [-0.2, -0.15) is 0 Å². The van der Waals surface area contributed by atoms with Gasteiger partial charge >= 0.3 is 0 Å². The van der Waals surface area contributed by atoms with Crippen LogP contribution in [0.2, 0.25) is 0 Å². The van der Waals surface area contributed by atoms with Crippen LogP contribution in [0.1, 0.15) is 6.42 Å². The van der Waals surface area contributed by atoms with Gasteiger partial charge in [0, 0.05) is 11.9 Å². The molecule has 0 bridgehead atoms. The van der Waals surface area contributed by atoms with Crippen molar-refractivity contribution in [3.63, 3.8) is 0 Å². The smallest absolute Gasteiger partial charge is 0.190 e. The molecule has 0 spiro atoms. The summed E-state index contributed by atoms with van der Waals surface area (Å²) in [4.78, 5) is 8.13. The molecule has 0 aliphatic carbocycles. The topological polar surface area (TPSA) is 20.5 Å². The molecular weight excluding hydrogens is 314 g/mol. The summed E-state index contributed by atoms with van der Waals surface area (Å²) in [6.45, 7) is 2.04. The van der Waals surface area contributed by atoms with Gasteiger partial charge in [-0.05, 0) is 44.8 Å². The minimum absolute atomic E-state index is 0.970. The normalized spacial score (nSPS) is 12.0. The maximum absolute atomic E-state index is 4.85. The van der Waals surface area contributed by atoms with Gasteiger partial charge in [-0.3, -0.25) is 0 Å². The fourth-order valence-corrected chi connectivity index (χ4v) is 3.59. The molecule has 0 aliphatic heterocycles. The molecule has 0 aliphatic rings. The molecule has 1 heterocycles. The van der Waals surface area contributed by atoms with Crippen molar-refractivity contribution in [1.82, 2.24) is 9.47 Å². The first kappa shape index (κ1) is 16.7. The highest BCUT2D eigenvalue weighted by Gasteiger charge is 2.08. The highest BCUT2D eigenvalue weighted by atomic mass is 32.1. The van der Waals surface area contributed by atoms with Crippen molar-refractivity contribution in [2.45, 2.75) is 13.0 Å². The fraction of sp³-hybridized carbons (Fsp3) is 0.250. The molecule has 2 aromatic carbocycles. The van der Waals surface area contributed by atoms with Crippen molar-refractivity contribution in [1.29, 1.82) is 0 Å². The van der Waals surface area contributed by atoms with Crippen LogP contribution in [0.5, 0.6) is 0 Å². The largest absolute Gasteiger partial charge is 0.316 e. The van der Waals surface area contributed by atoms with Crippen molar-refractivity contribution in [2.75, 3.05) is 20.6 Å². The highest BCUT2D eigenvalue weighted by molar-refractivity contribution is 7.07. The summed E-state index contributed by atoms with van der Waals surface area (Å²) in [5, 5.41) is 2.22. The molecule has 0 amide bonds. The molecule has 0 fully saturated rings. The Hall–Kier alpha value is -2.17. The Morgan fingerprint density at radius 2 is 1.62 bits per heavy atom. The third-order valence-electron chi connectivity index (χ3n) is 3.84. The third kappa shape index (κ3) is 4.22. The first-order valence-corrected chi connectivity index (χ1v) is 9.10. The maximum atomic E-state index is 4.85.